The number of nitrogens with zero attached hydrogens (tertiary/aromatic N) is 1. The second-order valence-corrected chi connectivity index (χ2v) is 2.92. The molecule has 0 spiro atoms. The van der Waals surface area contributed by atoms with E-state index in [1.54, 1.807) is 7.11 Å². The van der Waals surface area contributed by atoms with Crippen molar-refractivity contribution in [1.82, 2.24) is 0 Å². The Bertz CT molecular complexity index is 332. The predicted molar refractivity (Wildman–Crippen MR) is 51.8 cm³/mol. The second-order valence-electron chi connectivity index (χ2n) is 2.92. The highest BCUT2D eigenvalue weighted by Crippen LogP contribution is 2.21. The molecular formula is C10H13NO2. The molecule has 0 unspecified atom stereocenters. The van der Waals surface area contributed by atoms with Gasteiger partial charge in [-0.05, 0) is 42.7 Å². The van der Waals surface area contributed by atoms with Crippen molar-refractivity contribution in [3.8, 4) is 5.75 Å². The molecule has 0 aromatic heterocycles. The highest BCUT2D eigenvalue weighted by molar-refractivity contribution is 5.82. The molecule has 1 aromatic carbocycles. The van der Waals surface area contributed by atoms with Gasteiger partial charge >= 0.3 is 0 Å². The average Bonchev–Trinajstić information content (AvgIpc) is 2.11. The van der Waals surface area contributed by atoms with Crippen molar-refractivity contribution in [2.45, 2.75) is 13.8 Å². The number of aryl methyl sites for hydroxylation is 2. The molecule has 0 aliphatic heterocycles. The first-order valence-corrected chi connectivity index (χ1v) is 4.01. The second kappa shape index (κ2) is 3.94. The monoisotopic (exact) mass is 179 g/mol. The topological polar surface area (TPSA) is 41.8 Å². The van der Waals surface area contributed by atoms with Gasteiger partial charge in [-0.1, -0.05) is 5.16 Å². The Labute approximate surface area is 77.6 Å². The molecule has 0 saturated carbocycles. The molecule has 0 atom stereocenters. The molecule has 0 saturated heterocycles. The van der Waals surface area contributed by atoms with Gasteiger partial charge < -0.3 is 9.94 Å². The molecule has 0 amide bonds. The average molecular weight is 179 g/mol. The third-order valence-electron chi connectivity index (χ3n) is 1.98. The van der Waals surface area contributed by atoms with Crippen molar-refractivity contribution < 1.29 is 9.94 Å². The van der Waals surface area contributed by atoms with Gasteiger partial charge in [0, 0.05) is 0 Å². The highest BCUT2D eigenvalue weighted by atomic mass is 16.5. The van der Waals surface area contributed by atoms with Gasteiger partial charge in [-0.2, -0.15) is 0 Å². The fourth-order valence-electron chi connectivity index (χ4n) is 1.23. The van der Waals surface area contributed by atoms with E-state index in [9.17, 15) is 0 Å². The number of benzene rings is 1. The molecule has 13 heavy (non-hydrogen) atoms. The minimum absolute atomic E-state index is 0.854. The molecular weight excluding hydrogens is 166 g/mol. The fourth-order valence-corrected chi connectivity index (χ4v) is 1.23. The quantitative estimate of drug-likeness (QED) is 0.429. The number of methoxy groups -OCH3 is 1. The highest BCUT2D eigenvalue weighted by Gasteiger charge is 2.02. The minimum atomic E-state index is 0.854. The SMILES string of the molecule is COc1cc(C)c(/C=N/O)cc1C. The van der Waals surface area contributed by atoms with Crippen LogP contribution in [0.5, 0.6) is 5.75 Å². The van der Waals surface area contributed by atoms with E-state index < -0.39 is 0 Å². The van der Waals surface area contributed by atoms with Crippen LogP contribution >= 0.6 is 0 Å². The molecule has 0 heterocycles. The van der Waals surface area contributed by atoms with Crippen LogP contribution < -0.4 is 4.74 Å². The van der Waals surface area contributed by atoms with Gasteiger partial charge in [0.05, 0.1) is 13.3 Å². The van der Waals surface area contributed by atoms with Crippen LogP contribution in [0.3, 0.4) is 0 Å². The number of oxime groups is 1. The van der Waals surface area contributed by atoms with Crippen molar-refractivity contribution in [3.05, 3.63) is 28.8 Å². The summed E-state index contributed by atoms with van der Waals surface area (Å²) in [5.74, 6) is 0.854. The summed E-state index contributed by atoms with van der Waals surface area (Å²) in [6, 6.07) is 3.85. The lowest BCUT2D eigenvalue weighted by molar-refractivity contribution is 0.322. The summed E-state index contributed by atoms with van der Waals surface area (Å²) in [6.45, 7) is 3.89. The van der Waals surface area contributed by atoms with Crippen LogP contribution in [0, 0.1) is 13.8 Å². The summed E-state index contributed by atoms with van der Waals surface area (Å²) in [4.78, 5) is 0. The first kappa shape index (κ1) is 9.58. The van der Waals surface area contributed by atoms with Gasteiger partial charge in [-0.25, -0.2) is 0 Å². The first-order valence-electron chi connectivity index (χ1n) is 4.01. The van der Waals surface area contributed by atoms with Crippen molar-refractivity contribution >= 4 is 6.21 Å². The maximum atomic E-state index is 8.40. The smallest absolute Gasteiger partial charge is 0.122 e. The molecule has 1 N–H and O–H groups in total. The Morgan fingerprint density at radius 3 is 2.54 bits per heavy atom. The van der Waals surface area contributed by atoms with Crippen LogP contribution in [0.25, 0.3) is 0 Å². The maximum absolute atomic E-state index is 8.40. The van der Waals surface area contributed by atoms with E-state index in [1.807, 2.05) is 26.0 Å². The van der Waals surface area contributed by atoms with E-state index in [1.165, 1.54) is 6.21 Å². The zero-order chi connectivity index (χ0) is 9.84. The van der Waals surface area contributed by atoms with Crippen molar-refractivity contribution in [1.29, 1.82) is 0 Å². The lowest BCUT2D eigenvalue weighted by Gasteiger charge is -2.07. The Balaban J connectivity index is 3.20. The molecule has 70 valence electrons. The molecule has 0 bridgehead atoms. The summed E-state index contributed by atoms with van der Waals surface area (Å²) in [5.41, 5.74) is 2.96. The van der Waals surface area contributed by atoms with E-state index in [-0.39, 0.29) is 0 Å². The number of ether oxygens (including phenoxy) is 1. The van der Waals surface area contributed by atoms with Crippen LogP contribution in [0.1, 0.15) is 16.7 Å². The van der Waals surface area contributed by atoms with Crippen LogP contribution in [-0.2, 0) is 0 Å². The molecule has 1 rings (SSSR count). The van der Waals surface area contributed by atoms with Crippen molar-refractivity contribution in [3.63, 3.8) is 0 Å². The third kappa shape index (κ3) is 1.99. The summed E-state index contributed by atoms with van der Waals surface area (Å²) in [7, 11) is 1.64. The van der Waals surface area contributed by atoms with Crippen LogP contribution in [0.4, 0.5) is 0 Å². The number of hydrogen-bond acceptors (Lipinski definition) is 3. The van der Waals surface area contributed by atoms with E-state index >= 15 is 0 Å². The molecule has 3 heteroatoms. The summed E-state index contributed by atoms with van der Waals surface area (Å²) < 4.78 is 5.15. The Kier molecular flexibility index (Phi) is 2.90. The Hall–Kier alpha value is -1.51. The molecule has 3 nitrogen and oxygen atoms in total. The third-order valence-corrected chi connectivity index (χ3v) is 1.98. The van der Waals surface area contributed by atoms with E-state index in [0.717, 1.165) is 22.4 Å². The van der Waals surface area contributed by atoms with Crippen LogP contribution in [0.15, 0.2) is 17.3 Å². The summed E-state index contributed by atoms with van der Waals surface area (Å²) in [6.07, 6.45) is 1.42. The lowest BCUT2D eigenvalue weighted by Crippen LogP contribution is -1.93. The van der Waals surface area contributed by atoms with Gasteiger partial charge in [0.1, 0.15) is 5.75 Å². The fraction of sp³-hybridized carbons (Fsp3) is 0.300. The molecule has 0 aliphatic rings. The van der Waals surface area contributed by atoms with Crippen LogP contribution in [0.2, 0.25) is 0 Å². The van der Waals surface area contributed by atoms with Gasteiger partial charge in [-0.15, -0.1) is 0 Å². The van der Waals surface area contributed by atoms with Gasteiger partial charge in [0.2, 0.25) is 0 Å². The van der Waals surface area contributed by atoms with Gasteiger partial charge in [0.15, 0.2) is 0 Å². The zero-order valence-corrected chi connectivity index (χ0v) is 8.03. The standard InChI is InChI=1S/C10H13NO2/c1-7-5-10(13-3)8(2)4-9(7)6-11-12/h4-6,12H,1-3H3/b11-6+. The maximum Gasteiger partial charge on any atom is 0.122 e. The molecule has 0 fully saturated rings. The van der Waals surface area contributed by atoms with Crippen LogP contribution in [-0.4, -0.2) is 18.5 Å². The van der Waals surface area contributed by atoms with E-state index in [4.69, 9.17) is 9.94 Å². The lowest BCUT2D eigenvalue weighted by atomic mass is 10.1. The van der Waals surface area contributed by atoms with E-state index in [0.29, 0.717) is 0 Å². The normalized spacial score (nSPS) is 10.7. The Morgan fingerprint density at radius 1 is 1.31 bits per heavy atom. The zero-order valence-electron chi connectivity index (χ0n) is 8.03. The molecule has 0 aliphatic carbocycles. The molecule has 0 radical (unpaired) electrons. The number of rotatable bonds is 2. The largest absolute Gasteiger partial charge is 0.496 e. The number of hydrogen-bond donors (Lipinski definition) is 1. The van der Waals surface area contributed by atoms with Crippen molar-refractivity contribution in [2.24, 2.45) is 5.16 Å². The molecule has 1 aromatic rings. The van der Waals surface area contributed by atoms with Crippen molar-refractivity contribution in [2.75, 3.05) is 7.11 Å². The summed E-state index contributed by atoms with van der Waals surface area (Å²) in [5, 5.41) is 11.4. The first-order chi connectivity index (χ1) is 6.19. The van der Waals surface area contributed by atoms with Gasteiger partial charge in [0.25, 0.3) is 0 Å². The minimum Gasteiger partial charge on any atom is -0.496 e. The summed E-state index contributed by atoms with van der Waals surface area (Å²) >= 11 is 0. The van der Waals surface area contributed by atoms with E-state index in [2.05, 4.69) is 5.16 Å². The predicted octanol–water partition coefficient (Wildman–Crippen LogP) is 2.12. The Morgan fingerprint density at radius 2 is 2.00 bits per heavy atom. The van der Waals surface area contributed by atoms with Gasteiger partial charge in [-0.3, -0.25) is 0 Å².